The minimum atomic E-state index is 0. The Hall–Kier alpha value is -1.66. The number of rotatable bonds is 5. The molecule has 2 aromatic rings. The molecule has 0 spiro atoms. The smallest absolute Gasteiger partial charge is 0.289 e. The predicted octanol–water partition coefficient (Wildman–Crippen LogP) is -0.186. The van der Waals surface area contributed by atoms with Crippen molar-refractivity contribution < 1.29 is 31.5 Å². The molecule has 1 N–H and O–H groups in total. The number of methoxy groups -OCH3 is 1. The van der Waals surface area contributed by atoms with Crippen LogP contribution < -0.4 is 26.4 Å². The fraction of sp³-hybridized carbons (Fsp3) is 0.200. The first-order valence-corrected chi connectivity index (χ1v) is 7.00. The standard InChI is InChI=1S/C15H16N2O2S.BrH/c1-4-10-17-14(20-11(2)16-17)9-8-12-6-5-7-13(19-3)15(12)18;/h4-9H,1,10H2,2-3H3;1H. The van der Waals surface area contributed by atoms with Gasteiger partial charge in [0.15, 0.2) is 23.1 Å². The number of ether oxygens (including phenoxy) is 1. The van der Waals surface area contributed by atoms with Crippen molar-refractivity contribution in [2.45, 2.75) is 13.5 Å². The number of benzene rings is 1. The van der Waals surface area contributed by atoms with Crippen LogP contribution >= 0.6 is 11.3 Å². The molecule has 0 saturated heterocycles. The van der Waals surface area contributed by atoms with Gasteiger partial charge < -0.3 is 26.8 Å². The molecule has 112 valence electrons. The van der Waals surface area contributed by atoms with Crippen LogP contribution in [0.25, 0.3) is 12.2 Å². The number of para-hydroxylation sites is 1. The zero-order valence-corrected chi connectivity index (χ0v) is 14.3. The third-order valence-corrected chi connectivity index (χ3v) is 3.66. The Labute approximate surface area is 138 Å². The average molecular weight is 369 g/mol. The van der Waals surface area contributed by atoms with Crippen LogP contribution in [0.15, 0.2) is 30.9 Å². The summed E-state index contributed by atoms with van der Waals surface area (Å²) in [5.41, 5.74) is 0.709. The van der Waals surface area contributed by atoms with Crippen molar-refractivity contribution in [3.8, 4) is 11.5 Å². The Morgan fingerprint density at radius 1 is 1.43 bits per heavy atom. The van der Waals surface area contributed by atoms with Crippen LogP contribution in [0, 0.1) is 6.92 Å². The lowest BCUT2D eigenvalue weighted by Crippen LogP contribution is -3.00. The maximum atomic E-state index is 10.0. The van der Waals surface area contributed by atoms with E-state index in [0.717, 1.165) is 10.0 Å². The van der Waals surface area contributed by atoms with Gasteiger partial charge in [0.25, 0.3) is 5.01 Å². The third-order valence-electron chi connectivity index (χ3n) is 2.73. The molecule has 0 atom stereocenters. The van der Waals surface area contributed by atoms with Crippen LogP contribution in [0.4, 0.5) is 0 Å². The van der Waals surface area contributed by atoms with E-state index in [2.05, 4.69) is 11.7 Å². The first-order chi connectivity index (χ1) is 9.65. The van der Waals surface area contributed by atoms with E-state index in [1.807, 2.05) is 35.9 Å². The molecule has 0 aliphatic carbocycles. The average Bonchev–Trinajstić information content (AvgIpc) is 2.78. The molecule has 0 bridgehead atoms. The van der Waals surface area contributed by atoms with Crippen molar-refractivity contribution in [2.24, 2.45) is 0 Å². The van der Waals surface area contributed by atoms with Gasteiger partial charge in [0, 0.05) is 16.7 Å². The van der Waals surface area contributed by atoms with Gasteiger partial charge in [-0.15, -0.1) is 0 Å². The van der Waals surface area contributed by atoms with Crippen LogP contribution in [0.1, 0.15) is 15.6 Å². The van der Waals surface area contributed by atoms with Gasteiger partial charge in [-0.2, -0.15) is 0 Å². The summed E-state index contributed by atoms with van der Waals surface area (Å²) in [6, 6.07) is 5.40. The summed E-state index contributed by atoms with van der Waals surface area (Å²) in [5.74, 6) is 0.606. The predicted molar refractivity (Wildman–Crippen MR) is 80.8 cm³/mol. The SMILES string of the molecule is C=CC[n+]1nc(C)sc1/C=C/c1cccc(OC)c1O.[Br-]. The van der Waals surface area contributed by atoms with Crippen molar-refractivity contribution in [1.82, 2.24) is 5.10 Å². The molecule has 6 heteroatoms. The van der Waals surface area contributed by atoms with E-state index in [0.29, 0.717) is 17.9 Å². The number of allylic oxidation sites excluding steroid dienone is 1. The zero-order valence-electron chi connectivity index (χ0n) is 11.9. The number of aromatic hydroxyl groups is 1. The van der Waals surface area contributed by atoms with Crippen molar-refractivity contribution in [3.05, 3.63) is 46.4 Å². The third kappa shape index (κ3) is 4.15. The maximum absolute atomic E-state index is 10.0. The van der Waals surface area contributed by atoms with Crippen molar-refractivity contribution in [2.75, 3.05) is 7.11 Å². The molecule has 0 fully saturated rings. The Morgan fingerprint density at radius 3 is 2.86 bits per heavy atom. The van der Waals surface area contributed by atoms with E-state index in [9.17, 15) is 5.11 Å². The van der Waals surface area contributed by atoms with Gasteiger partial charge in [0.05, 0.1) is 7.11 Å². The van der Waals surface area contributed by atoms with E-state index in [1.54, 1.807) is 23.5 Å². The summed E-state index contributed by atoms with van der Waals surface area (Å²) >= 11 is 1.59. The number of aromatic nitrogens is 2. The summed E-state index contributed by atoms with van der Waals surface area (Å²) in [4.78, 5) is 0. The lowest BCUT2D eigenvalue weighted by atomic mass is 10.1. The molecule has 1 heterocycles. The minimum Gasteiger partial charge on any atom is -1.00 e. The number of halogens is 1. The molecule has 2 rings (SSSR count). The highest BCUT2D eigenvalue weighted by atomic mass is 79.9. The van der Waals surface area contributed by atoms with Gasteiger partial charge in [0.2, 0.25) is 0 Å². The maximum Gasteiger partial charge on any atom is 0.289 e. The monoisotopic (exact) mass is 368 g/mol. The van der Waals surface area contributed by atoms with Gasteiger partial charge in [-0.3, -0.25) is 0 Å². The molecule has 0 aliphatic heterocycles. The molecule has 1 aromatic heterocycles. The fourth-order valence-electron chi connectivity index (χ4n) is 1.82. The molecule has 0 amide bonds. The molecular weight excluding hydrogens is 352 g/mol. The van der Waals surface area contributed by atoms with E-state index in [4.69, 9.17) is 4.74 Å². The van der Waals surface area contributed by atoms with Crippen LogP contribution in [0.3, 0.4) is 0 Å². The van der Waals surface area contributed by atoms with E-state index in [-0.39, 0.29) is 22.7 Å². The summed E-state index contributed by atoms with van der Waals surface area (Å²) < 4.78 is 6.97. The largest absolute Gasteiger partial charge is 1.00 e. The molecule has 21 heavy (non-hydrogen) atoms. The molecule has 0 aliphatic rings. The van der Waals surface area contributed by atoms with Crippen LogP contribution in [-0.2, 0) is 6.54 Å². The second-order valence-electron chi connectivity index (χ2n) is 4.16. The van der Waals surface area contributed by atoms with Crippen LogP contribution in [0.5, 0.6) is 11.5 Å². The fourth-order valence-corrected chi connectivity index (χ4v) is 2.62. The molecular formula is C15H17BrN2O2S. The normalized spacial score (nSPS) is 10.4. The Bertz CT molecular complexity index is 653. The van der Waals surface area contributed by atoms with Crippen molar-refractivity contribution in [1.29, 1.82) is 0 Å². The summed E-state index contributed by atoms with van der Waals surface area (Å²) in [6.07, 6.45) is 5.59. The lowest BCUT2D eigenvalue weighted by Gasteiger charge is -2.04. The molecule has 1 aromatic carbocycles. The molecule has 0 saturated carbocycles. The molecule has 0 radical (unpaired) electrons. The van der Waals surface area contributed by atoms with Gasteiger partial charge in [0.1, 0.15) is 0 Å². The molecule has 0 unspecified atom stereocenters. The summed E-state index contributed by atoms with van der Waals surface area (Å²) in [6.45, 7) is 6.35. The van der Waals surface area contributed by atoms with E-state index < -0.39 is 0 Å². The van der Waals surface area contributed by atoms with E-state index >= 15 is 0 Å². The van der Waals surface area contributed by atoms with Gasteiger partial charge in [-0.25, -0.2) is 0 Å². The second-order valence-corrected chi connectivity index (χ2v) is 5.37. The highest BCUT2D eigenvalue weighted by Crippen LogP contribution is 2.30. The molecule has 4 nitrogen and oxygen atoms in total. The highest BCUT2D eigenvalue weighted by Gasteiger charge is 2.13. The summed E-state index contributed by atoms with van der Waals surface area (Å²) in [7, 11) is 1.53. The Kier molecular flexibility index (Phi) is 6.58. The number of nitrogens with zero attached hydrogens (tertiary/aromatic N) is 2. The number of phenols is 1. The van der Waals surface area contributed by atoms with Gasteiger partial charge in [-0.05, 0) is 36.5 Å². The van der Waals surface area contributed by atoms with Crippen LogP contribution in [-0.4, -0.2) is 17.3 Å². The van der Waals surface area contributed by atoms with Gasteiger partial charge >= 0.3 is 0 Å². The summed E-state index contributed by atoms with van der Waals surface area (Å²) in [5, 5.41) is 16.4. The number of hydrogen-bond acceptors (Lipinski definition) is 4. The first kappa shape index (κ1) is 17.4. The Balaban J connectivity index is 0.00000220. The second kappa shape index (κ2) is 7.95. The number of aryl methyl sites for hydroxylation is 1. The first-order valence-electron chi connectivity index (χ1n) is 6.18. The van der Waals surface area contributed by atoms with Crippen molar-refractivity contribution >= 4 is 23.5 Å². The zero-order chi connectivity index (χ0) is 14.5. The lowest BCUT2D eigenvalue weighted by molar-refractivity contribution is -0.741. The highest BCUT2D eigenvalue weighted by molar-refractivity contribution is 7.11. The topological polar surface area (TPSA) is 46.2 Å². The Morgan fingerprint density at radius 2 is 2.19 bits per heavy atom. The van der Waals surface area contributed by atoms with Crippen molar-refractivity contribution in [3.63, 3.8) is 0 Å². The number of phenolic OH excluding ortho intramolecular Hbond substituents is 1. The number of hydrogen-bond donors (Lipinski definition) is 1. The minimum absolute atomic E-state index is 0. The quantitative estimate of drug-likeness (QED) is 0.587. The van der Waals surface area contributed by atoms with Crippen LogP contribution in [0.2, 0.25) is 0 Å². The van der Waals surface area contributed by atoms with Gasteiger partial charge in [-0.1, -0.05) is 23.4 Å². The van der Waals surface area contributed by atoms with E-state index in [1.165, 1.54) is 7.11 Å².